The number of aryl methyl sites for hydroxylation is 1. The Balaban J connectivity index is 1.84. The molecule has 0 unspecified atom stereocenters. The van der Waals surface area contributed by atoms with Crippen molar-refractivity contribution < 1.29 is 14.8 Å². The van der Waals surface area contributed by atoms with E-state index in [9.17, 15) is 15.2 Å². The highest BCUT2D eigenvalue weighted by Crippen LogP contribution is 2.42. The van der Waals surface area contributed by atoms with Gasteiger partial charge >= 0.3 is 0 Å². The lowest BCUT2D eigenvalue weighted by atomic mass is 9.96. The van der Waals surface area contributed by atoms with Gasteiger partial charge in [0.25, 0.3) is 5.69 Å². The molecule has 2 aromatic heterocycles. The molecule has 34 heavy (non-hydrogen) atoms. The summed E-state index contributed by atoms with van der Waals surface area (Å²) in [6, 6.07) is 12.2. The van der Waals surface area contributed by atoms with Crippen molar-refractivity contribution in [1.82, 2.24) is 19.8 Å². The number of nitro benzene ring substituents is 1. The standard InChI is InChI=1S/C24H27N5O4S/c1-15-13-18(16(2)28(15)20-9-8-17(29(31)32)14-21(20)33-3)23-22(19-7-4-5-10-25-19)26-24(34)27(23)11-6-12-30/h4-5,7-10,13-14,22-23,30H,6,11-12H2,1-3H3,(H,26,34)/t22-,23-/m1/s1. The van der Waals surface area contributed by atoms with E-state index in [1.807, 2.05) is 36.6 Å². The van der Waals surface area contributed by atoms with E-state index in [2.05, 4.69) is 21.3 Å². The Hall–Kier alpha value is -3.50. The Morgan fingerprint density at radius 2 is 2.06 bits per heavy atom. The van der Waals surface area contributed by atoms with E-state index in [0.717, 1.165) is 28.3 Å². The van der Waals surface area contributed by atoms with Gasteiger partial charge in [0.2, 0.25) is 0 Å². The van der Waals surface area contributed by atoms with Gasteiger partial charge in [0.1, 0.15) is 5.75 Å². The fraction of sp³-hybridized carbons (Fsp3) is 0.333. The summed E-state index contributed by atoms with van der Waals surface area (Å²) in [7, 11) is 1.50. The zero-order valence-electron chi connectivity index (χ0n) is 19.3. The Morgan fingerprint density at radius 1 is 1.26 bits per heavy atom. The number of methoxy groups -OCH3 is 1. The highest BCUT2D eigenvalue weighted by atomic mass is 32.1. The third-order valence-corrected chi connectivity index (χ3v) is 6.51. The van der Waals surface area contributed by atoms with Gasteiger partial charge in [0.15, 0.2) is 5.11 Å². The monoisotopic (exact) mass is 481 g/mol. The molecule has 9 nitrogen and oxygen atoms in total. The van der Waals surface area contributed by atoms with Crippen molar-refractivity contribution in [3.8, 4) is 11.4 Å². The van der Waals surface area contributed by atoms with Crippen LogP contribution in [-0.4, -0.2) is 49.9 Å². The SMILES string of the molecule is COc1cc([N+](=O)[O-])ccc1-n1c(C)cc([C@@H]2[C@@H](c3ccccn3)NC(=S)N2CCCO)c1C. The predicted molar refractivity (Wildman–Crippen MR) is 132 cm³/mol. The van der Waals surface area contributed by atoms with Gasteiger partial charge in [0.05, 0.1) is 41.6 Å². The number of aliphatic hydroxyl groups is 1. The van der Waals surface area contributed by atoms with E-state index in [1.165, 1.54) is 19.2 Å². The van der Waals surface area contributed by atoms with E-state index >= 15 is 0 Å². The second kappa shape index (κ2) is 9.78. The molecule has 3 heterocycles. The summed E-state index contributed by atoms with van der Waals surface area (Å²) in [4.78, 5) is 17.5. The molecule has 1 aliphatic heterocycles. The summed E-state index contributed by atoms with van der Waals surface area (Å²) in [6.07, 6.45) is 2.35. The van der Waals surface area contributed by atoms with Crippen molar-refractivity contribution in [2.45, 2.75) is 32.4 Å². The summed E-state index contributed by atoms with van der Waals surface area (Å²) >= 11 is 5.68. The second-order valence-corrected chi connectivity index (χ2v) is 8.56. The van der Waals surface area contributed by atoms with Crippen LogP contribution in [-0.2, 0) is 0 Å². The first kappa shape index (κ1) is 23.7. The largest absolute Gasteiger partial charge is 0.494 e. The van der Waals surface area contributed by atoms with Crippen molar-refractivity contribution in [2.24, 2.45) is 0 Å². The number of aromatic nitrogens is 2. The van der Waals surface area contributed by atoms with Crippen molar-refractivity contribution in [3.63, 3.8) is 0 Å². The Morgan fingerprint density at radius 3 is 2.71 bits per heavy atom. The number of aliphatic hydroxyl groups excluding tert-OH is 1. The number of thiocarbonyl (C=S) groups is 1. The van der Waals surface area contributed by atoms with Crippen molar-refractivity contribution in [1.29, 1.82) is 0 Å². The number of benzene rings is 1. The molecule has 1 aromatic carbocycles. The summed E-state index contributed by atoms with van der Waals surface area (Å²) < 4.78 is 7.55. The van der Waals surface area contributed by atoms with Gasteiger partial charge in [-0.1, -0.05) is 6.07 Å². The number of nitro groups is 1. The summed E-state index contributed by atoms with van der Waals surface area (Å²) in [5.74, 6) is 0.418. The van der Waals surface area contributed by atoms with E-state index in [-0.39, 0.29) is 24.4 Å². The van der Waals surface area contributed by atoms with Crippen LogP contribution >= 0.6 is 12.2 Å². The number of nitrogens with one attached hydrogen (secondary N) is 1. The van der Waals surface area contributed by atoms with Gasteiger partial charge < -0.3 is 24.6 Å². The summed E-state index contributed by atoms with van der Waals surface area (Å²) in [6.45, 7) is 4.68. The zero-order valence-corrected chi connectivity index (χ0v) is 20.1. The molecule has 3 aromatic rings. The minimum atomic E-state index is -0.436. The molecule has 0 bridgehead atoms. The third kappa shape index (κ3) is 4.22. The zero-order chi connectivity index (χ0) is 24.4. The molecule has 1 fully saturated rings. The molecule has 1 aliphatic rings. The Labute approximate surface area is 203 Å². The topological polar surface area (TPSA) is 106 Å². The number of non-ortho nitro benzene ring substituents is 1. The maximum atomic E-state index is 11.2. The average molecular weight is 482 g/mol. The number of hydrogen-bond acceptors (Lipinski definition) is 6. The maximum absolute atomic E-state index is 11.2. The van der Waals surface area contributed by atoms with Gasteiger partial charge in [-0.15, -0.1) is 0 Å². The molecule has 2 N–H and O–H groups in total. The molecule has 178 valence electrons. The second-order valence-electron chi connectivity index (χ2n) is 8.17. The molecule has 1 saturated heterocycles. The van der Waals surface area contributed by atoms with Crippen LogP contribution in [0.25, 0.3) is 5.69 Å². The van der Waals surface area contributed by atoms with Gasteiger partial charge in [-0.3, -0.25) is 15.1 Å². The van der Waals surface area contributed by atoms with Crippen LogP contribution in [0.15, 0.2) is 48.7 Å². The lowest BCUT2D eigenvalue weighted by Gasteiger charge is -2.28. The molecule has 0 spiro atoms. The van der Waals surface area contributed by atoms with Crippen molar-refractivity contribution >= 4 is 23.0 Å². The van der Waals surface area contributed by atoms with Gasteiger partial charge in [0, 0.05) is 36.8 Å². The van der Waals surface area contributed by atoms with E-state index < -0.39 is 4.92 Å². The van der Waals surface area contributed by atoms with Crippen LogP contribution in [0.2, 0.25) is 0 Å². The van der Waals surface area contributed by atoms with Gasteiger partial charge in [-0.25, -0.2) is 0 Å². The minimum absolute atomic E-state index is 0.0287. The molecule has 0 aliphatic carbocycles. The highest BCUT2D eigenvalue weighted by Gasteiger charge is 2.41. The molecule has 0 amide bonds. The number of pyridine rings is 1. The van der Waals surface area contributed by atoms with Crippen LogP contribution in [0.4, 0.5) is 5.69 Å². The highest BCUT2D eigenvalue weighted by molar-refractivity contribution is 7.80. The lowest BCUT2D eigenvalue weighted by Crippen LogP contribution is -2.31. The summed E-state index contributed by atoms with van der Waals surface area (Å²) in [5.41, 5.74) is 4.55. The first-order valence-electron chi connectivity index (χ1n) is 11.0. The number of hydrogen-bond donors (Lipinski definition) is 2. The van der Waals surface area contributed by atoms with Crippen LogP contribution in [0.5, 0.6) is 5.75 Å². The normalized spacial score (nSPS) is 17.6. The molecular weight excluding hydrogens is 454 g/mol. The Bertz CT molecular complexity index is 1210. The smallest absolute Gasteiger partial charge is 0.273 e. The maximum Gasteiger partial charge on any atom is 0.273 e. The fourth-order valence-electron chi connectivity index (χ4n) is 4.65. The number of rotatable bonds is 8. The number of nitrogens with zero attached hydrogens (tertiary/aromatic N) is 4. The quantitative estimate of drug-likeness (QED) is 0.285. The third-order valence-electron chi connectivity index (χ3n) is 6.16. The minimum Gasteiger partial charge on any atom is -0.494 e. The Kier molecular flexibility index (Phi) is 6.80. The molecule has 2 atom stereocenters. The van der Waals surface area contributed by atoms with E-state index in [0.29, 0.717) is 23.8 Å². The van der Waals surface area contributed by atoms with Crippen LogP contribution in [0.3, 0.4) is 0 Å². The first-order valence-corrected chi connectivity index (χ1v) is 11.4. The predicted octanol–water partition coefficient (Wildman–Crippen LogP) is 3.76. The average Bonchev–Trinajstić information content (AvgIpc) is 3.32. The van der Waals surface area contributed by atoms with E-state index in [4.69, 9.17) is 17.0 Å². The first-order chi connectivity index (χ1) is 16.4. The van der Waals surface area contributed by atoms with Crippen LogP contribution in [0.1, 0.15) is 41.1 Å². The molecule has 4 rings (SSSR count). The fourth-order valence-corrected chi connectivity index (χ4v) is 4.98. The van der Waals surface area contributed by atoms with Crippen molar-refractivity contribution in [3.05, 3.63) is 81.4 Å². The molecule has 10 heteroatoms. The van der Waals surface area contributed by atoms with Gasteiger partial charge in [-0.05, 0) is 62.3 Å². The molecular formula is C24H27N5O4S. The molecule has 0 saturated carbocycles. The van der Waals surface area contributed by atoms with E-state index in [1.54, 1.807) is 12.3 Å². The van der Waals surface area contributed by atoms with Gasteiger partial charge in [-0.2, -0.15) is 0 Å². The summed E-state index contributed by atoms with van der Waals surface area (Å²) in [5, 5.41) is 24.7. The number of ether oxygens (including phenoxy) is 1. The van der Waals surface area contributed by atoms with Crippen LogP contribution in [0, 0.1) is 24.0 Å². The molecule has 0 radical (unpaired) electrons. The van der Waals surface area contributed by atoms with Crippen LogP contribution < -0.4 is 10.1 Å². The van der Waals surface area contributed by atoms with Crippen molar-refractivity contribution in [2.75, 3.05) is 20.3 Å². The lowest BCUT2D eigenvalue weighted by molar-refractivity contribution is -0.384.